The van der Waals surface area contributed by atoms with Gasteiger partial charge in [0, 0.05) is 38.1 Å². The Morgan fingerprint density at radius 1 is 1.26 bits per heavy atom. The third kappa shape index (κ3) is 4.52. The average molecular weight is 468 g/mol. The zero-order valence-corrected chi connectivity index (χ0v) is 18.8. The minimum absolute atomic E-state index is 0.0925. The second kappa shape index (κ2) is 8.92. The molecule has 1 saturated carbocycles. The van der Waals surface area contributed by atoms with E-state index >= 15 is 0 Å². The van der Waals surface area contributed by atoms with Crippen LogP contribution in [-0.2, 0) is 11.3 Å². The number of fused-ring (bicyclic) bond motifs is 1. The predicted molar refractivity (Wildman–Crippen MR) is 122 cm³/mol. The summed E-state index contributed by atoms with van der Waals surface area (Å²) < 4.78 is 23.6. The van der Waals surface area contributed by atoms with Gasteiger partial charge in [-0.25, -0.2) is 14.2 Å². The van der Waals surface area contributed by atoms with Crippen molar-refractivity contribution < 1.29 is 23.2 Å². The lowest BCUT2D eigenvalue weighted by Crippen LogP contribution is -2.44. The number of nitrogens with one attached hydrogen (secondary N) is 2. The van der Waals surface area contributed by atoms with E-state index in [1.807, 2.05) is 12.1 Å². The second-order valence-corrected chi connectivity index (χ2v) is 9.17. The molecule has 10 heteroatoms. The molecule has 1 aliphatic carbocycles. The molecular formula is C24H26FN5O4. The molecule has 2 aromatic heterocycles. The zero-order valence-electron chi connectivity index (χ0n) is 18.8. The summed E-state index contributed by atoms with van der Waals surface area (Å²) in [6.45, 7) is 2.34. The molecule has 0 radical (unpaired) electrons. The highest BCUT2D eigenvalue weighted by Gasteiger charge is 2.48. The normalized spacial score (nSPS) is 21.5. The van der Waals surface area contributed by atoms with Crippen LogP contribution in [0.4, 0.5) is 15.0 Å². The maximum Gasteiger partial charge on any atom is 0.407 e. The Labute approximate surface area is 195 Å². The number of pyridine rings is 1. The Morgan fingerprint density at radius 2 is 2.12 bits per heavy atom. The predicted octanol–water partition coefficient (Wildman–Crippen LogP) is 3.25. The number of hydrogen-bond acceptors (Lipinski definition) is 7. The third-order valence-corrected chi connectivity index (χ3v) is 6.74. The second-order valence-electron chi connectivity index (χ2n) is 9.17. The minimum atomic E-state index is -0.524. The lowest BCUT2D eigenvalue weighted by Gasteiger charge is -2.45. The number of carbonyl (C=O) groups is 2. The van der Waals surface area contributed by atoms with E-state index in [9.17, 15) is 14.0 Å². The van der Waals surface area contributed by atoms with Crippen molar-refractivity contribution in [3.63, 3.8) is 0 Å². The quantitative estimate of drug-likeness (QED) is 0.573. The first-order valence-electron chi connectivity index (χ1n) is 11.3. The smallest absolute Gasteiger partial charge is 0.407 e. The van der Waals surface area contributed by atoms with Gasteiger partial charge >= 0.3 is 6.09 Å². The highest BCUT2D eigenvalue weighted by Crippen LogP contribution is 2.52. The van der Waals surface area contributed by atoms with Crippen LogP contribution in [0.1, 0.15) is 35.5 Å². The molecule has 3 aromatic rings. The molecule has 2 aliphatic rings. The number of rotatable bonds is 6. The molecule has 0 atom stereocenters. The Morgan fingerprint density at radius 3 is 2.94 bits per heavy atom. The standard InChI is InChI=1S/C24H26FN5O4/c1-26-22(31)20-9-18(34-29-20)13-33-23(32)27-12-15-10-24(11-15)6-7-30(14-24)21-5-2-16-8-17(25)3-4-19(16)28-21/h2-5,8-9,15H,6-7,10-14H2,1H3,(H,26,31)(H,27,32). The molecule has 34 heavy (non-hydrogen) atoms. The lowest BCUT2D eigenvalue weighted by molar-refractivity contribution is 0.0727. The van der Waals surface area contributed by atoms with Crippen molar-refractivity contribution in [2.45, 2.75) is 25.9 Å². The number of amides is 2. The van der Waals surface area contributed by atoms with Crippen LogP contribution in [0.3, 0.4) is 0 Å². The number of anilines is 1. The number of alkyl carbamates (subject to hydrolysis) is 1. The summed E-state index contributed by atoms with van der Waals surface area (Å²) in [7, 11) is 1.50. The van der Waals surface area contributed by atoms with Crippen LogP contribution in [0.15, 0.2) is 40.9 Å². The molecule has 0 bridgehead atoms. The van der Waals surface area contributed by atoms with E-state index in [2.05, 4.69) is 20.7 Å². The molecule has 2 N–H and O–H groups in total. The molecule has 1 aromatic carbocycles. The summed E-state index contributed by atoms with van der Waals surface area (Å²) in [5.41, 5.74) is 1.19. The molecule has 2 amide bonds. The Kier molecular flexibility index (Phi) is 5.80. The van der Waals surface area contributed by atoms with Gasteiger partial charge in [0.15, 0.2) is 18.1 Å². The lowest BCUT2D eigenvalue weighted by atomic mass is 9.61. The molecule has 5 rings (SSSR count). The van der Waals surface area contributed by atoms with Crippen LogP contribution < -0.4 is 15.5 Å². The largest absolute Gasteiger partial charge is 0.441 e. The number of aromatic nitrogens is 2. The Bertz CT molecular complexity index is 1220. The van der Waals surface area contributed by atoms with Crippen molar-refractivity contribution in [1.29, 1.82) is 0 Å². The van der Waals surface area contributed by atoms with Crippen molar-refractivity contribution in [2.24, 2.45) is 11.3 Å². The fourth-order valence-corrected chi connectivity index (χ4v) is 5.07. The van der Waals surface area contributed by atoms with E-state index in [1.54, 1.807) is 6.07 Å². The zero-order chi connectivity index (χ0) is 23.7. The van der Waals surface area contributed by atoms with E-state index < -0.39 is 6.09 Å². The van der Waals surface area contributed by atoms with E-state index in [1.165, 1.54) is 25.2 Å². The van der Waals surface area contributed by atoms with Crippen molar-refractivity contribution in [3.8, 4) is 0 Å². The molecule has 1 spiro atoms. The van der Waals surface area contributed by atoms with Crippen LogP contribution in [-0.4, -0.2) is 48.8 Å². The van der Waals surface area contributed by atoms with Gasteiger partial charge in [0.05, 0.1) is 5.52 Å². The summed E-state index contributed by atoms with van der Waals surface area (Å²) in [4.78, 5) is 30.5. The van der Waals surface area contributed by atoms with Crippen LogP contribution in [0.2, 0.25) is 0 Å². The monoisotopic (exact) mass is 467 g/mol. The van der Waals surface area contributed by atoms with E-state index in [0.717, 1.165) is 49.1 Å². The summed E-state index contributed by atoms with van der Waals surface area (Å²) >= 11 is 0. The highest BCUT2D eigenvalue weighted by molar-refractivity contribution is 5.91. The fraction of sp³-hybridized carbons (Fsp3) is 0.417. The van der Waals surface area contributed by atoms with Crippen LogP contribution in [0.5, 0.6) is 0 Å². The maximum atomic E-state index is 13.4. The van der Waals surface area contributed by atoms with Gasteiger partial charge in [-0.3, -0.25) is 4.79 Å². The van der Waals surface area contributed by atoms with Gasteiger partial charge in [-0.2, -0.15) is 0 Å². The molecule has 9 nitrogen and oxygen atoms in total. The summed E-state index contributed by atoms with van der Waals surface area (Å²) in [6, 6.07) is 9.97. The molecule has 1 saturated heterocycles. The van der Waals surface area contributed by atoms with Crippen molar-refractivity contribution >= 4 is 28.7 Å². The van der Waals surface area contributed by atoms with Crippen LogP contribution in [0, 0.1) is 17.2 Å². The molecule has 0 unspecified atom stereocenters. The molecular weight excluding hydrogens is 441 g/mol. The molecule has 2 fully saturated rings. The van der Waals surface area contributed by atoms with Gasteiger partial charge in [-0.15, -0.1) is 0 Å². The first-order chi connectivity index (χ1) is 16.4. The van der Waals surface area contributed by atoms with Gasteiger partial charge in [-0.05, 0) is 60.9 Å². The van der Waals surface area contributed by atoms with Gasteiger partial charge in [0.2, 0.25) is 0 Å². The van der Waals surface area contributed by atoms with Crippen molar-refractivity contribution in [1.82, 2.24) is 20.8 Å². The van der Waals surface area contributed by atoms with Crippen LogP contribution >= 0.6 is 0 Å². The Balaban J connectivity index is 1.06. The summed E-state index contributed by atoms with van der Waals surface area (Å²) in [6.07, 6.45) is 2.65. The first-order valence-corrected chi connectivity index (χ1v) is 11.3. The molecule has 1 aliphatic heterocycles. The molecule has 3 heterocycles. The van der Waals surface area contributed by atoms with Crippen molar-refractivity contribution in [2.75, 3.05) is 31.6 Å². The molecule has 178 valence electrons. The fourth-order valence-electron chi connectivity index (χ4n) is 5.07. The highest BCUT2D eigenvalue weighted by atomic mass is 19.1. The topological polar surface area (TPSA) is 110 Å². The Hall–Kier alpha value is -3.69. The van der Waals surface area contributed by atoms with E-state index in [-0.39, 0.29) is 29.4 Å². The number of nitrogens with zero attached hydrogens (tertiary/aromatic N) is 3. The van der Waals surface area contributed by atoms with Gasteiger partial charge in [0.1, 0.15) is 11.6 Å². The van der Waals surface area contributed by atoms with Gasteiger partial charge in [-0.1, -0.05) is 5.16 Å². The van der Waals surface area contributed by atoms with E-state index in [4.69, 9.17) is 14.2 Å². The number of benzene rings is 1. The van der Waals surface area contributed by atoms with E-state index in [0.29, 0.717) is 18.2 Å². The SMILES string of the molecule is CNC(=O)c1cc(COC(=O)NCC2CC3(CCN(c4ccc5cc(F)ccc5n4)C3)C2)on1. The van der Waals surface area contributed by atoms with Crippen molar-refractivity contribution in [3.05, 3.63) is 53.7 Å². The summed E-state index contributed by atoms with van der Waals surface area (Å²) in [5.74, 6) is 1.01. The number of carbonyl (C=O) groups excluding carboxylic acids is 2. The third-order valence-electron chi connectivity index (χ3n) is 6.74. The number of ether oxygens (including phenoxy) is 1. The van der Waals surface area contributed by atoms with Crippen LogP contribution in [0.25, 0.3) is 10.9 Å². The first kappa shape index (κ1) is 22.1. The number of hydrogen-bond donors (Lipinski definition) is 2. The van der Waals surface area contributed by atoms with Gasteiger partial charge < -0.3 is 24.8 Å². The maximum absolute atomic E-state index is 13.4. The number of halogens is 1. The minimum Gasteiger partial charge on any atom is -0.441 e. The average Bonchev–Trinajstić information content (AvgIpc) is 3.48. The summed E-state index contributed by atoms with van der Waals surface area (Å²) in [5, 5.41) is 9.68. The van der Waals surface area contributed by atoms with Gasteiger partial charge in [0.25, 0.3) is 5.91 Å².